The van der Waals surface area contributed by atoms with Crippen molar-refractivity contribution in [2.75, 3.05) is 6.61 Å². The molecule has 1 saturated heterocycles. The predicted molar refractivity (Wildman–Crippen MR) is 102 cm³/mol. The van der Waals surface area contributed by atoms with E-state index in [0.717, 1.165) is 37.7 Å². The van der Waals surface area contributed by atoms with Gasteiger partial charge in [0.15, 0.2) is 6.29 Å². The highest BCUT2D eigenvalue weighted by molar-refractivity contribution is 5.85. The first kappa shape index (κ1) is 18.8. The highest BCUT2D eigenvalue weighted by atomic mass is 16.6. The number of carbonyl (C=O) groups excluding carboxylic acids is 1. The fourth-order valence-electron chi connectivity index (χ4n) is 9.19. The van der Waals surface area contributed by atoms with Crippen LogP contribution < -0.4 is 0 Å². The van der Waals surface area contributed by atoms with Crippen molar-refractivity contribution in [1.29, 1.82) is 0 Å². The van der Waals surface area contributed by atoms with Crippen LogP contribution in [0.15, 0.2) is 11.6 Å². The Labute approximate surface area is 171 Å². The van der Waals surface area contributed by atoms with Crippen LogP contribution in [0.5, 0.6) is 0 Å². The predicted octanol–water partition coefficient (Wildman–Crippen LogP) is 2.06. The zero-order valence-electron chi connectivity index (χ0n) is 17.1. The molecule has 0 aromatic carbocycles. The largest absolute Gasteiger partial charge is 0.458 e. The fourth-order valence-corrected chi connectivity index (χ4v) is 9.19. The van der Waals surface area contributed by atoms with Crippen molar-refractivity contribution in [3.63, 3.8) is 0 Å². The summed E-state index contributed by atoms with van der Waals surface area (Å²) in [6.45, 7) is 2.75. The van der Waals surface area contributed by atoms with Crippen LogP contribution >= 0.6 is 0 Å². The topological polar surface area (TPSA) is 96.2 Å². The van der Waals surface area contributed by atoms with Crippen LogP contribution in [0.3, 0.4) is 0 Å². The van der Waals surface area contributed by atoms with E-state index in [0.29, 0.717) is 44.1 Å². The molecule has 3 N–H and O–H groups in total. The number of aliphatic hydroxyl groups is 3. The van der Waals surface area contributed by atoms with E-state index < -0.39 is 29.0 Å². The highest BCUT2D eigenvalue weighted by Crippen LogP contribution is 2.75. The molecule has 6 nitrogen and oxygen atoms in total. The molecule has 29 heavy (non-hydrogen) atoms. The number of hydrogen-bond acceptors (Lipinski definition) is 6. The first-order valence-corrected chi connectivity index (χ1v) is 11.4. The summed E-state index contributed by atoms with van der Waals surface area (Å²) in [4.78, 5) is 11.7. The Bertz CT molecular complexity index is 794. The summed E-state index contributed by atoms with van der Waals surface area (Å²) in [7, 11) is 0. The minimum atomic E-state index is -1.05. The van der Waals surface area contributed by atoms with Crippen LogP contribution in [0.1, 0.15) is 64.7 Å². The Morgan fingerprint density at radius 3 is 2.62 bits per heavy atom. The number of rotatable bonds is 1. The van der Waals surface area contributed by atoms with Gasteiger partial charge in [-0.3, -0.25) is 0 Å². The third-order valence-corrected chi connectivity index (χ3v) is 10.3. The van der Waals surface area contributed by atoms with E-state index in [9.17, 15) is 20.1 Å². The molecule has 2 bridgehead atoms. The monoisotopic (exact) mass is 404 g/mol. The SMILES string of the molecule is C[C@]12CC[C@H]3[C@@]4(CC[C@]5(O)C[C@@H](O)CC[C@]35[C@H](O)O4)[C@@H]1CC[C@@H]2C1=CC(=O)OC1. The van der Waals surface area contributed by atoms with Crippen LogP contribution in [-0.2, 0) is 14.3 Å². The fraction of sp³-hybridized carbons (Fsp3) is 0.870. The van der Waals surface area contributed by atoms with Gasteiger partial charge in [0, 0.05) is 18.4 Å². The van der Waals surface area contributed by atoms with Gasteiger partial charge in [-0.2, -0.15) is 0 Å². The molecular formula is C23H32O6. The Kier molecular flexibility index (Phi) is 3.65. The average Bonchev–Trinajstić information content (AvgIpc) is 3.29. The maximum absolute atomic E-state index is 11.7. The molecule has 0 radical (unpaired) electrons. The zero-order chi connectivity index (χ0) is 20.2. The van der Waals surface area contributed by atoms with Gasteiger partial charge < -0.3 is 24.8 Å². The van der Waals surface area contributed by atoms with Crippen molar-refractivity contribution in [1.82, 2.24) is 0 Å². The number of ether oxygens (including phenoxy) is 2. The zero-order valence-corrected chi connectivity index (χ0v) is 17.1. The second-order valence-corrected chi connectivity index (χ2v) is 11.0. The van der Waals surface area contributed by atoms with E-state index in [1.165, 1.54) is 0 Å². The molecule has 9 atom stereocenters. The van der Waals surface area contributed by atoms with Gasteiger partial charge in [-0.15, -0.1) is 0 Å². The quantitative estimate of drug-likeness (QED) is 0.579. The molecule has 6 heteroatoms. The van der Waals surface area contributed by atoms with Crippen LogP contribution in [0.2, 0.25) is 0 Å². The summed E-state index contributed by atoms with van der Waals surface area (Å²) in [5.41, 5.74) is -0.967. The number of esters is 1. The minimum absolute atomic E-state index is 0.0190. The number of hydrogen-bond donors (Lipinski definition) is 3. The summed E-state index contributed by atoms with van der Waals surface area (Å²) in [5.74, 6) is 0.527. The lowest BCUT2D eigenvalue weighted by atomic mass is 9.42. The molecule has 160 valence electrons. The normalized spacial score (nSPS) is 58.3. The summed E-state index contributed by atoms with van der Waals surface area (Å²) >= 11 is 0. The summed E-state index contributed by atoms with van der Waals surface area (Å²) in [6, 6.07) is 0. The first-order valence-electron chi connectivity index (χ1n) is 11.4. The molecule has 0 unspecified atom stereocenters. The second kappa shape index (κ2) is 5.64. The number of cyclic esters (lactones) is 1. The maximum Gasteiger partial charge on any atom is 0.331 e. The molecule has 2 aliphatic heterocycles. The van der Waals surface area contributed by atoms with Gasteiger partial charge in [0.1, 0.15) is 6.61 Å². The summed E-state index contributed by atoms with van der Waals surface area (Å²) in [6.07, 6.45) is 7.10. The van der Waals surface area contributed by atoms with Crippen molar-refractivity contribution < 1.29 is 29.6 Å². The smallest absolute Gasteiger partial charge is 0.331 e. The lowest BCUT2D eigenvalue weighted by Gasteiger charge is -2.63. The van der Waals surface area contributed by atoms with Crippen molar-refractivity contribution in [2.45, 2.75) is 88.3 Å². The van der Waals surface area contributed by atoms with Gasteiger partial charge in [-0.05, 0) is 74.2 Å². The van der Waals surface area contributed by atoms with Gasteiger partial charge in [-0.25, -0.2) is 4.79 Å². The summed E-state index contributed by atoms with van der Waals surface area (Å²) < 4.78 is 11.8. The van der Waals surface area contributed by atoms with Gasteiger partial charge in [0.25, 0.3) is 0 Å². The van der Waals surface area contributed by atoms with E-state index in [1.54, 1.807) is 6.08 Å². The molecule has 4 saturated carbocycles. The van der Waals surface area contributed by atoms with E-state index in [-0.39, 0.29) is 17.3 Å². The van der Waals surface area contributed by atoms with Crippen molar-refractivity contribution in [3.8, 4) is 0 Å². The summed E-state index contributed by atoms with van der Waals surface area (Å²) in [5, 5.41) is 33.1. The molecular weight excluding hydrogens is 372 g/mol. The van der Waals surface area contributed by atoms with Crippen LogP contribution in [0, 0.1) is 28.6 Å². The van der Waals surface area contributed by atoms with Gasteiger partial charge in [-0.1, -0.05) is 6.92 Å². The van der Waals surface area contributed by atoms with Crippen molar-refractivity contribution in [3.05, 3.63) is 11.6 Å². The minimum Gasteiger partial charge on any atom is -0.458 e. The molecule has 4 aliphatic carbocycles. The van der Waals surface area contributed by atoms with Crippen molar-refractivity contribution >= 4 is 5.97 Å². The third-order valence-electron chi connectivity index (χ3n) is 10.3. The molecule has 6 aliphatic rings. The Balaban J connectivity index is 1.40. The van der Waals surface area contributed by atoms with E-state index >= 15 is 0 Å². The number of aliphatic hydroxyl groups excluding tert-OH is 2. The molecule has 0 aromatic rings. The van der Waals surface area contributed by atoms with Crippen LogP contribution in [0.25, 0.3) is 0 Å². The highest BCUT2D eigenvalue weighted by Gasteiger charge is 2.79. The van der Waals surface area contributed by atoms with Crippen molar-refractivity contribution in [2.24, 2.45) is 28.6 Å². The molecule has 1 spiro atoms. The Morgan fingerprint density at radius 1 is 1.03 bits per heavy atom. The Hall–Kier alpha value is -0.950. The molecule has 0 aromatic heterocycles. The number of carbonyl (C=O) groups is 1. The lowest BCUT2D eigenvalue weighted by Crippen LogP contribution is -2.67. The van der Waals surface area contributed by atoms with Gasteiger partial charge in [0.05, 0.1) is 22.7 Å². The maximum atomic E-state index is 11.7. The van der Waals surface area contributed by atoms with Crippen LogP contribution in [0.4, 0.5) is 0 Å². The Morgan fingerprint density at radius 2 is 1.86 bits per heavy atom. The van der Waals surface area contributed by atoms with E-state index in [1.807, 2.05) is 0 Å². The van der Waals surface area contributed by atoms with Gasteiger partial charge >= 0.3 is 5.97 Å². The first-order chi connectivity index (χ1) is 13.8. The van der Waals surface area contributed by atoms with E-state index in [4.69, 9.17) is 9.47 Å². The van der Waals surface area contributed by atoms with Gasteiger partial charge in [0.2, 0.25) is 0 Å². The molecule has 0 amide bonds. The van der Waals surface area contributed by atoms with E-state index in [2.05, 4.69) is 6.92 Å². The molecule has 2 heterocycles. The second-order valence-electron chi connectivity index (χ2n) is 11.0. The molecule has 6 rings (SSSR count). The number of fused-ring (bicyclic) bond motifs is 1. The standard InChI is InChI=1S/C23H32O6/c1-20-6-5-17-22-7-4-14(24)11-21(22,27)8-9-23(17,29-19(22)26)16(20)3-2-15(20)13-10-18(25)28-12-13/h10,14-17,19,24,26-27H,2-9,11-12H2,1H3/t14-,15+,16+,17+,19+,20+,21-,22+,23+/m0/s1. The van der Waals surface area contributed by atoms with Crippen LogP contribution in [-0.4, -0.2) is 51.5 Å². The molecule has 5 fully saturated rings. The lowest BCUT2D eigenvalue weighted by molar-refractivity contribution is -0.231. The average molecular weight is 405 g/mol. The third kappa shape index (κ3) is 2.05.